The molecule has 1 saturated heterocycles. The number of amides is 1. The van der Waals surface area contributed by atoms with Gasteiger partial charge in [-0.05, 0) is 33.6 Å². The first-order valence-electron chi connectivity index (χ1n) is 9.01. The van der Waals surface area contributed by atoms with E-state index in [9.17, 15) is 4.79 Å². The third-order valence-corrected chi connectivity index (χ3v) is 4.00. The van der Waals surface area contributed by atoms with Crippen LogP contribution in [0.25, 0.3) is 0 Å². The summed E-state index contributed by atoms with van der Waals surface area (Å²) in [5, 5.41) is 6.67. The molecular formula is C17H36IN5O2. The van der Waals surface area contributed by atoms with E-state index in [0.29, 0.717) is 12.1 Å². The maximum absolute atomic E-state index is 11.7. The minimum atomic E-state index is 0. The summed E-state index contributed by atoms with van der Waals surface area (Å²) in [5.41, 5.74) is 0. The molecule has 1 aliphatic heterocycles. The van der Waals surface area contributed by atoms with Gasteiger partial charge in [-0.25, -0.2) is 4.99 Å². The number of carbonyl (C=O) groups excluding carboxylic acids is 1. The van der Waals surface area contributed by atoms with Crippen molar-refractivity contribution in [3.8, 4) is 0 Å². The molecule has 2 N–H and O–H groups in total. The minimum Gasteiger partial charge on any atom is -0.377 e. The number of hydrogen-bond acceptors (Lipinski definition) is 4. The average Bonchev–Trinajstić information content (AvgIpc) is 2.53. The van der Waals surface area contributed by atoms with Crippen molar-refractivity contribution in [2.75, 3.05) is 53.4 Å². The van der Waals surface area contributed by atoms with Gasteiger partial charge in [-0.1, -0.05) is 0 Å². The van der Waals surface area contributed by atoms with Crippen LogP contribution >= 0.6 is 24.0 Å². The number of rotatable bonds is 8. The van der Waals surface area contributed by atoms with Gasteiger partial charge in [-0.3, -0.25) is 4.79 Å². The molecule has 0 aromatic carbocycles. The number of hydrogen-bond donors (Lipinski definition) is 2. The second-order valence-corrected chi connectivity index (χ2v) is 6.66. The highest BCUT2D eigenvalue weighted by Gasteiger charge is 2.20. The maximum Gasteiger partial charge on any atom is 0.243 e. The van der Waals surface area contributed by atoms with E-state index in [1.54, 1.807) is 19.0 Å². The smallest absolute Gasteiger partial charge is 0.243 e. The first kappa shape index (κ1) is 24.4. The van der Waals surface area contributed by atoms with Gasteiger partial charge in [0.15, 0.2) is 5.96 Å². The van der Waals surface area contributed by atoms with Gasteiger partial charge in [0.1, 0.15) is 6.54 Å². The minimum absolute atomic E-state index is 0. The summed E-state index contributed by atoms with van der Waals surface area (Å²) in [7, 11) is 3.49. The number of likely N-dealkylation sites (tertiary alicyclic amines) is 1. The van der Waals surface area contributed by atoms with E-state index in [1.807, 2.05) is 6.92 Å². The number of likely N-dealkylation sites (N-methyl/N-ethyl adjacent to an activating group) is 1. The topological polar surface area (TPSA) is 69.2 Å². The fraction of sp³-hybridized carbons (Fsp3) is 0.882. The molecule has 1 heterocycles. The van der Waals surface area contributed by atoms with Crippen molar-refractivity contribution in [3.63, 3.8) is 0 Å². The molecule has 1 rings (SSSR count). The van der Waals surface area contributed by atoms with Gasteiger partial charge in [0.25, 0.3) is 0 Å². The largest absolute Gasteiger partial charge is 0.377 e. The van der Waals surface area contributed by atoms with Crippen molar-refractivity contribution in [1.29, 1.82) is 0 Å². The summed E-state index contributed by atoms with van der Waals surface area (Å²) in [6.45, 7) is 11.0. The number of halogens is 1. The number of guanidine groups is 1. The molecule has 148 valence electrons. The van der Waals surface area contributed by atoms with E-state index in [4.69, 9.17) is 4.74 Å². The molecule has 0 saturated carbocycles. The van der Waals surface area contributed by atoms with Crippen LogP contribution in [0.2, 0.25) is 0 Å². The molecule has 25 heavy (non-hydrogen) atoms. The van der Waals surface area contributed by atoms with E-state index >= 15 is 0 Å². The lowest BCUT2D eigenvalue weighted by Crippen LogP contribution is -2.49. The fourth-order valence-corrected chi connectivity index (χ4v) is 2.52. The van der Waals surface area contributed by atoms with Gasteiger partial charge in [-0.2, -0.15) is 0 Å². The van der Waals surface area contributed by atoms with Gasteiger partial charge >= 0.3 is 0 Å². The lowest BCUT2D eigenvalue weighted by molar-refractivity contribution is -0.127. The molecule has 0 aromatic heterocycles. The Morgan fingerprint density at radius 1 is 1.32 bits per heavy atom. The number of nitrogens with one attached hydrogen (secondary N) is 2. The van der Waals surface area contributed by atoms with Crippen LogP contribution in [0, 0.1) is 0 Å². The highest BCUT2D eigenvalue weighted by atomic mass is 127. The Bertz CT molecular complexity index is 396. The van der Waals surface area contributed by atoms with Gasteiger partial charge in [0, 0.05) is 46.3 Å². The summed E-state index contributed by atoms with van der Waals surface area (Å²) >= 11 is 0. The Hall–Kier alpha value is -0.610. The molecule has 0 aliphatic carbocycles. The summed E-state index contributed by atoms with van der Waals surface area (Å²) in [5.74, 6) is 0.737. The third-order valence-electron chi connectivity index (χ3n) is 4.00. The van der Waals surface area contributed by atoms with Gasteiger partial charge in [0.2, 0.25) is 5.91 Å². The van der Waals surface area contributed by atoms with E-state index < -0.39 is 0 Å². The summed E-state index contributed by atoms with van der Waals surface area (Å²) < 4.78 is 5.62. The third kappa shape index (κ3) is 10.9. The Morgan fingerprint density at radius 2 is 1.96 bits per heavy atom. The van der Waals surface area contributed by atoms with Crippen molar-refractivity contribution in [2.45, 2.75) is 45.8 Å². The normalized spacial score (nSPS) is 16.5. The van der Waals surface area contributed by atoms with Gasteiger partial charge in [0.05, 0.1) is 12.7 Å². The number of piperidine rings is 1. The van der Waals surface area contributed by atoms with E-state index in [2.05, 4.69) is 34.4 Å². The monoisotopic (exact) mass is 469 g/mol. The Kier molecular flexibility index (Phi) is 13.2. The van der Waals surface area contributed by atoms with Crippen LogP contribution in [-0.2, 0) is 9.53 Å². The first-order valence-corrected chi connectivity index (χ1v) is 9.01. The molecule has 0 bridgehead atoms. The van der Waals surface area contributed by atoms with Crippen LogP contribution < -0.4 is 10.6 Å². The van der Waals surface area contributed by atoms with Crippen LogP contribution in [0.3, 0.4) is 0 Å². The molecule has 0 unspecified atom stereocenters. The van der Waals surface area contributed by atoms with Crippen LogP contribution in [0.4, 0.5) is 0 Å². The summed E-state index contributed by atoms with van der Waals surface area (Å²) in [6.07, 6.45) is 2.45. The molecule has 1 aliphatic rings. The predicted octanol–water partition coefficient (Wildman–Crippen LogP) is 1.14. The molecule has 0 atom stereocenters. The van der Waals surface area contributed by atoms with Gasteiger partial charge < -0.3 is 25.2 Å². The molecule has 7 nitrogen and oxygen atoms in total. The van der Waals surface area contributed by atoms with Crippen LogP contribution in [0.5, 0.6) is 0 Å². The lowest BCUT2D eigenvalue weighted by atomic mass is 10.1. The zero-order valence-corrected chi connectivity index (χ0v) is 18.7. The van der Waals surface area contributed by atoms with Crippen LogP contribution in [0.15, 0.2) is 4.99 Å². The molecule has 8 heteroatoms. The molecular weight excluding hydrogens is 433 g/mol. The van der Waals surface area contributed by atoms with Crippen LogP contribution in [0.1, 0.15) is 33.6 Å². The maximum atomic E-state index is 11.7. The van der Waals surface area contributed by atoms with Gasteiger partial charge in [-0.15, -0.1) is 24.0 Å². The Morgan fingerprint density at radius 3 is 2.48 bits per heavy atom. The summed E-state index contributed by atoms with van der Waals surface area (Å²) in [4.78, 5) is 20.1. The molecule has 1 fully saturated rings. The first-order chi connectivity index (χ1) is 11.4. The van der Waals surface area contributed by atoms with E-state index in [1.165, 1.54) is 0 Å². The zero-order chi connectivity index (χ0) is 17.9. The van der Waals surface area contributed by atoms with E-state index in [0.717, 1.165) is 51.6 Å². The van der Waals surface area contributed by atoms with Crippen LogP contribution in [-0.4, -0.2) is 87.2 Å². The Labute approximate surface area is 170 Å². The highest BCUT2D eigenvalue weighted by Crippen LogP contribution is 2.10. The zero-order valence-electron chi connectivity index (χ0n) is 16.4. The number of aliphatic imine (C=N–C) groups is 1. The van der Waals surface area contributed by atoms with Crippen molar-refractivity contribution in [2.24, 2.45) is 4.99 Å². The van der Waals surface area contributed by atoms with Crippen molar-refractivity contribution < 1.29 is 9.53 Å². The molecule has 0 spiro atoms. The number of nitrogens with zero attached hydrogens (tertiary/aromatic N) is 3. The van der Waals surface area contributed by atoms with E-state index in [-0.39, 0.29) is 36.4 Å². The second-order valence-electron chi connectivity index (χ2n) is 6.66. The SMILES string of the molecule is CCNC(=NCC(=O)N(C)C)NC1CCN(CCOC(C)C)CC1.I. The molecule has 0 aromatic rings. The number of ether oxygens (including phenoxy) is 1. The number of carbonyl (C=O) groups is 1. The van der Waals surface area contributed by atoms with Crippen molar-refractivity contribution in [3.05, 3.63) is 0 Å². The summed E-state index contributed by atoms with van der Waals surface area (Å²) in [6, 6.07) is 0.402. The fourth-order valence-electron chi connectivity index (χ4n) is 2.52. The van der Waals surface area contributed by atoms with Crippen molar-refractivity contribution in [1.82, 2.24) is 20.4 Å². The standard InChI is InChI=1S/C17H35N5O2.HI/c1-6-18-17(19-13-16(23)21(4)5)20-15-7-9-22(10-8-15)11-12-24-14(2)3;/h14-15H,6-13H2,1-5H3,(H2,18,19,20);1H. The molecule has 1 amide bonds. The lowest BCUT2D eigenvalue weighted by Gasteiger charge is -2.33. The Balaban J connectivity index is 0.00000576. The average molecular weight is 469 g/mol. The van der Waals surface area contributed by atoms with Crippen molar-refractivity contribution >= 4 is 35.8 Å². The molecule has 0 radical (unpaired) electrons. The second kappa shape index (κ2) is 13.6. The highest BCUT2D eigenvalue weighted by molar-refractivity contribution is 14.0. The predicted molar refractivity (Wildman–Crippen MR) is 114 cm³/mol. The quantitative estimate of drug-likeness (QED) is 0.317.